The molecule has 176 valence electrons. The fraction of sp³-hybridized carbons (Fsp3) is 0.619. The maximum atomic E-state index is 12.5. The number of aliphatic imine (C=N–C) groups is 1. The van der Waals surface area contributed by atoms with Crippen molar-refractivity contribution >= 4 is 41.5 Å². The fourth-order valence-corrected chi connectivity index (χ4v) is 4.06. The van der Waals surface area contributed by atoms with Crippen LogP contribution in [0.5, 0.6) is 0 Å². The number of hydrogen-bond donors (Lipinski definition) is 1. The Labute approximate surface area is 206 Å². The highest BCUT2D eigenvalue weighted by Gasteiger charge is 2.24. The molecule has 0 unspecified atom stereocenters. The Morgan fingerprint density at radius 3 is 2.62 bits per heavy atom. The van der Waals surface area contributed by atoms with E-state index in [0.717, 1.165) is 63.0 Å². The lowest BCUT2D eigenvalue weighted by Gasteiger charge is -2.37. The zero-order valence-electron chi connectivity index (χ0n) is 18.6. The van der Waals surface area contributed by atoms with Crippen LogP contribution in [0.3, 0.4) is 0 Å². The molecule has 11 heteroatoms. The summed E-state index contributed by atoms with van der Waals surface area (Å²) < 4.78 is 7.36. The summed E-state index contributed by atoms with van der Waals surface area (Å²) in [7, 11) is 1.82. The molecule has 0 aromatic carbocycles. The summed E-state index contributed by atoms with van der Waals surface area (Å²) in [6.07, 6.45) is 3.80. The minimum absolute atomic E-state index is 0. The molecule has 0 saturated carbocycles. The van der Waals surface area contributed by atoms with Gasteiger partial charge in [0.1, 0.15) is 5.82 Å². The number of amides is 1. The molecule has 2 aliphatic rings. The molecule has 1 amide bonds. The summed E-state index contributed by atoms with van der Waals surface area (Å²) in [6, 6.07) is 5.93. The molecule has 0 atom stereocenters. The fourth-order valence-electron chi connectivity index (χ4n) is 4.06. The molecule has 4 rings (SSSR count). The molecule has 1 N–H and O–H groups in total. The van der Waals surface area contributed by atoms with Gasteiger partial charge in [-0.15, -0.1) is 34.2 Å². The molecule has 2 aromatic heterocycles. The highest BCUT2D eigenvalue weighted by molar-refractivity contribution is 14.0. The third-order valence-electron chi connectivity index (χ3n) is 5.85. The van der Waals surface area contributed by atoms with Gasteiger partial charge in [-0.1, -0.05) is 6.07 Å². The van der Waals surface area contributed by atoms with Gasteiger partial charge < -0.3 is 19.9 Å². The largest absolute Gasteiger partial charge is 0.378 e. The molecule has 2 aliphatic heterocycles. The standard InChI is InChI=1S/C21H32N8O2.HI/c1-22-21(23-7-4-6-19-25-24-18-5-2-3-8-29(18)19)28-11-9-26(10-12-28)17-20(30)27-13-15-31-16-14-27;/h2-3,5,8H,4,6-7,9-17H2,1H3,(H,22,23);1H. The Hall–Kier alpha value is -1.99. The van der Waals surface area contributed by atoms with Crippen molar-refractivity contribution in [1.82, 2.24) is 34.6 Å². The van der Waals surface area contributed by atoms with Crippen LogP contribution in [0.2, 0.25) is 0 Å². The average Bonchev–Trinajstić information content (AvgIpc) is 3.23. The van der Waals surface area contributed by atoms with Gasteiger partial charge in [-0.3, -0.25) is 19.1 Å². The predicted molar refractivity (Wildman–Crippen MR) is 133 cm³/mol. The highest BCUT2D eigenvalue weighted by Crippen LogP contribution is 2.07. The number of guanidine groups is 1. The van der Waals surface area contributed by atoms with E-state index in [1.54, 1.807) is 0 Å². The molecule has 0 radical (unpaired) electrons. The normalized spacial score (nSPS) is 18.0. The number of halogens is 1. The van der Waals surface area contributed by atoms with Gasteiger partial charge in [-0.25, -0.2) is 0 Å². The van der Waals surface area contributed by atoms with Gasteiger partial charge in [-0.2, -0.15) is 0 Å². The van der Waals surface area contributed by atoms with Crippen molar-refractivity contribution < 1.29 is 9.53 Å². The first-order valence-electron chi connectivity index (χ1n) is 11.1. The molecule has 2 aromatic rings. The Morgan fingerprint density at radius 2 is 1.88 bits per heavy atom. The second-order valence-electron chi connectivity index (χ2n) is 7.88. The van der Waals surface area contributed by atoms with E-state index in [0.29, 0.717) is 32.8 Å². The van der Waals surface area contributed by atoms with Crippen LogP contribution in [0.1, 0.15) is 12.2 Å². The third-order valence-corrected chi connectivity index (χ3v) is 5.85. The van der Waals surface area contributed by atoms with Crippen molar-refractivity contribution in [3.05, 3.63) is 30.2 Å². The van der Waals surface area contributed by atoms with E-state index < -0.39 is 0 Å². The lowest BCUT2D eigenvalue weighted by Crippen LogP contribution is -2.55. The van der Waals surface area contributed by atoms with Gasteiger partial charge in [0, 0.05) is 65.5 Å². The number of aromatic nitrogens is 3. The molecular weight excluding hydrogens is 523 g/mol. The van der Waals surface area contributed by atoms with Crippen molar-refractivity contribution in [1.29, 1.82) is 0 Å². The van der Waals surface area contributed by atoms with E-state index in [4.69, 9.17) is 4.74 Å². The summed E-state index contributed by atoms with van der Waals surface area (Å²) in [4.78, 5) is 23.3. The van der Waals surface area contributed by atoms with Crippen LogP contribution in [0.15, 0.2) is 29.4 Å². The number of nitrogens with one attached hydrogen (secondary N) is 1. The van der Waals surface area contributed by atoms with E-state index in [-0.39, 0.29) is 29.9 Å². The number of morpholine rings is 1. The van der Waals surface area contributed by atoms with Crippen LogP contribution < -0.4 is 5.32 Å². The number of piperazine rings is 1. The summed E-state index contributed by atoms with van der Waals surface area (Å²) >= 11 is 0. The number of aryl methyl sites for hydroxylation is 1. The molecular formula is C21H33IN8O2. The first kappa shape index (κ1) is 24.6. The van der Waals surface area contributed by atoms with E-state index in [2.05, 4.69) is 30.3 Å². The smallest absolute Gasteiger partial charge is 0.236 e. The van der Waals surface area contributed by atoms with E-state index in [1.807, 2.05) is 40.7 Å². The van der Waals surface area contributed by atoms with Crippen LogP contribution in [0, 0.1) is 0 Å². The predicted octanol–water partition coefficient (Wildman–Crippen LogP) is 0.332. The molecule has 0 aliphatic carbocycles. The van der Waals surface area contributed by atoms with Crippen LogP contribution in [0.25, 0.3) is 5.65 Å². The maximum absolute atomic E-state index is 12.5. The second-order valence-corrected chi connectivity index (χ2v) is 7.88. The number of hydrogen-bond acceptors (Lipinski definition) is 6. The molecule has 0 spiro atoms. The van der Waals surface area contributed by atoms with E-state index in [9.17, 15) is 4.79 Å². The lowest BCUT2D eigenvalue weighted by molar-refractivity contribution is -0.136. The van der Waals surface area contributed by atoms with E-state index >= 15 is 0 Å². The summed E-state index contributed by atoms with van der Waals surface area (Å²) in [5, 5.41) is 12.0. The zero-order chi connectivity index (χ0) is 21.5. The van der Waals surface area contributed by atoms with Gasteiger partial charge in [0.2, 0.25) is 5.91 Å². The van der Waals surface area contributed by atoms with Crippen molar-refractivity contribution in [3.8, 4) is 0 Å². The van der Waals surface area contributed by atoms with Crippen LogP contribution >= 0.6 is 24.0 Å². The number of carbonyl (C=O) groups excluding carboxylic acids is 1. The molecule has 0 bridgehead atoms. The summed E-state index contributed by atoms with van der Waals surface area (Å²) in [6.45, 7) is 7.49. The minimum atomic E-state index is 0. The van der Waals surface area contributed by atoms with Gasteiger partial charge in [0.15, 0.2) is 11.6 Å². The number of carbonyl (C=O) groups is 1. The van der Waals surface area contributed by atoms with Gasteiger partial charge in [0.25, 0.3) is 0 Å². The Kier molecular flexibility index (Phi) is 9.48. The Balaban J connectivity index is 0.00000289. The number of ether oxygens (including phenoxy) is 1. The molecule has 2 fully saturated rings. The van der Waals surface area contributed by atoms with Crippen LogP contribution in [0.4, 0.5) is 0 Å². The molecule has 2 saturated heterocycles. The van der Waals surface area contributed by atoms with E-state index in [1.165, 1.54) is 0 Å². The topological polar surface area (TPSA) is 90.6 Å². The van der Waals surface area contributed by atoms with Crippen molar-refractivity contribution in [2.45, 2.75) is 12.8 Å². The monoisotopic (exact) mass is 556 g/mol. The Bertz CT molecular complexity index is 891. The number of rotatable bonds is 6. The Morgan fingerprint density at radius 1 is 1.09 bits per heavy atom. The van der Waals surface area contributed by atoms with Crippen molar-refractivity contribution in [3.63, 3.8) is 0 Å². The zero-order valence-corrected chi connectivity index (χ0v) is 21.0. The minimum Gasteiger partial charge on any atom is -0.378 e. The van der Waals surface area contributed by atoms with Crippen LogP contribution in [-0.4, -0.2) is 114 Å². The molecule has 32 heavy (non-hydrogen) atoms. The highest BCUT2D eigenvalue weighted by atomic mass is 127. The second kappa shape index (κ2) is 12.3. The first-order chi connectivity index (χ1) is 15.2. The summed E-state index contributed by atoms with van der Waals surface area (Å²) in [5.74, 6) is 2.11. The lowest BCUT2D eigenvalue weighted by atomic mass is 10.3. The van der Waals surface area contributed by atoms with Gasteiger partial charge in [0.05, 0.1) is 19.8 Å². The number of pyridine rings is 1. The SMILES string of the molecule is CN=C(NCCCc1nnc2ccccn12)N1CCN(CC(=O)N2CCOCC2)CC1.I. The first-order valence-corrected chi connectivity index (χ1v) is 11.1. The summed E-state index contributed by atoms with van der Waals surface area (Å²) in [5.41, 5.74) is 0.881. The third kappa shape index (κ3) is 6.29. The maximum Gasteiger partial charge on any atom is 0.236 e. The average molecular weight is 556 g/mol. The van der Waals surface area contributed by atoms with Crippen LogP contribution in [-0.2, 0) is 16.0 Å². The van der Waals surface area contributed by atoms with Crippen molar-refractivity contribution in [2.24, 2.45) is 4.99 Å². The number of fused-ring (bicyclic) bond motifs is 1. The van der Waals surface area contributed by atoms with Crippen molar-refractivity contribution in [2.75, 3.05) is 72.6 Å². The quantitative estimate of drug-likeness (QED) is 0.238. The number of nitrogens with zero attached hydrogens (tertiary/aromatic N) is 7. The molecule has 4 heterocycles. The van der Waals surface area contributed by atoms with Gasteiger partial charge >= 0.3 is 0 Å². The van der Waals surface area contributed by atoms with Gasteiger partial charge in [-0.05, 0) is 18.6 Å². The molecule has 10 nitrogen and oxygen atoms in total.